The first-order chi connectivity index (χ1) is 19.6. The Morgan fingerprint density at radius 3 is 2.38 bits per heavy atom. The average Bonchev–Trinajstić information content (AvgIpc) is 3.36. The van der Waals surface area contributed by atoms with Gasteiger partial charge in [0.2, 0.25) is 11.7 Å². The standard InChI is InChI=1S/C28H35F3N6O4S/c1-17(21(38)32-15-18-9-7-6-8-10-18)35(5)25-33-20-22(42-25)34-24(28(29,30)31)37(23(20)39)16-19-11-13-36(14-12-19)26(40)41-27(2,3)4/h6-10,17,19H,11-16H2,1-5H3,(H,32,38). The predicted octanol–water partition coefficient (Wildman–Crippen LogP) is 4.66. The zero-order chi connectivity index (χ0) is 30.8. The highest BCUT2D eigenvalue weighted by Crippen LogP contribution is 2.33. The number of likely N-dealkylation sites (N-methyl/N-ethyl adjacent to an activating group) is 1. The number of nitrogens with zero attached hydrogens (tertiary/aromatic N) is 5. The van der Waals surface area contributed by atoms with Crippen LogP contribution >= 0.6 is 11.3 Å². The molecule has 3 aromatic rings. The molecule has 4 rings (SSSR count). The molecule has 0 aliphatic carbocycles. The maximum atomic E-state index is 14.1. The number of carbonyl (C=O) groups excluding carboxylic acids is 2. The summed E-state index contributed by atoms with van der Waals surface area (Å²) in [6.07, 6.45) is -4.53. The molecular weight excluding hydrogens is 573 g/mol. The zero-order valence-electron chi connectivity index (χ0n) is 24.2. The van der Waals surface area contributed by atoms with Crippen LogP contribution in [0.15, 0.2) is 35.1 Å². The summed E-state index contributed by atoms with van der Waals surface area (Å²) in [6, 6.07) is 8.63. The van der Waals surface area contributed by atoms with Crippen LogP contribution in [-0.4, -0.2) is 63.2 Å². The molecule has 1 atom stereocenters. The number of fused-ring (bicyclic) bond motifs is 1. The van der Waals surface area contributed by atoms with Gasteiger partial charge < -0.3 is 19.9 Å². The summed E-state index contributed by atoms with van der Waals surface area (Å²) >= 11 is 0.825. The van der Waals surface area contributed by atoms with E-state index in [2.05, 4.69) is 15.3 Å². The van der Waals surface area contributed by atoms with E-state index in [0.29, 0.717) is 37.0 Å². The minimum atomic E-state index is -4.87. The number of aromatic nitrogens is 3. The SMILES string of the molecule is CC(C(=O)NCc1ccccc1)N(C)c1nc2c(=O)n(CC3CCN(C(=O)OC(C)(C)C)CC3)c(C(F)(F)F)nc2s1. The third-order valence-corrected chi connectivity index (χ3v) is 8.08. The van der Waals surface area contributed by atoms with E-state index < -0.39 is 35.3 Å². The highest BCUT2D eigenvalue weighted by molar-refractivity contribution is 7.21. The Morgan fingerprint density at radius 1 is 1.14 bits per heavy atom. The van der Waals surface area contributed by atoms with Gasteiger partial charge in [0.25, 0.3) is 5.56 Å². The minimum Gasteiger partial charge on any atom is -0.444 e. The second-order valence-corrected chi connectivity index (χ2v) is 12.4. The highest BCUT2D eigenvalue weighted by atomic mass is 32.1. The van der Waals surface area contributed by atoms with Crippen molar-refractivity contribution in [1.82, 2.24) is 24.8 Å². The van der Waals surface area contributed by atoms with Crippen molar-refractivity contribution in [2.45, 2.75) is 71.4 Å². The molecule has 1 saturated heterocycles. The van der Waals surface area contributed by atoms with E-state index >= 15 is 0 Å². The number of ether oxygens (including phenoxy) is 1. The van der Waals surface area contributed by atoms with Crippen LogP contribution in [-0.2, 0) is 28.8 Å². The van der Waals surface area contributed by atoms with Crippen molar-refractivity contribution in [2.24, 2.45) is 5.92 Å². The van der Waals surface area contributed by atoms with Crippen molar-refractivity contribution in [3.8, 4) is 0 Å². The number of nitrogens with one attached hydrogen (secondary N) is 1. The lowest BCUT2D eigenvalue weighted by atomic mass is 9.97. The number of anilines is 1. The molecule has 14 heteroatoms. The second-order valence-electron chi connectivity index (χ2n) is 11.4. The zero-order valence-corrected chi connectivity index (χ0v) is 25.0. The van der Waals surface area contributed by atoms with Gasteiger partial charge in [-0.15, -0.1) is 0 Å². The Hall–Kier alpha value is -3.68. The molecule has 1 N–H and O–H groups in total. The minimum absolute atomic E-state index is 0.151. The number of halogens is 3. The predicted molar refractivity (Wildman–Crippen MR) is 153 cm³/mol. The molecule has 0 spiro atoms. The number of piperidine rings is 1. The van der Waals surface area contributed by atoms with Crippen LogP contribution in [0.3, 0.4) is 0 Å². The molecule has 1 fully saturated rings. The number of amides is 2. The van der Waals surface area contributed by atoms with Crippen LogP contribution in [0.2, 0.25) is 0 Å². The van der Waals surface area contributed by atoms with Gasteiger partial charge in [-0.2, -0.15) is 13.2 Å². The van der Waals surface area contributed by atoms with Crippen molar-refractivity contribution < 1.29 is 27.5 Å². The van der Waals surface area contributed by atoms with Crippen LogP contribution in [0.5, 0.6) is 0 Å². The lowest BCUT2D eigenvalue weighted by Crippen LogP contribution is -2.43. The van der Waals surface area contributed by atoms with Gasteiger partial charge in [-0.05, 0) is 52.0 Å². The largest absolute Gasteiger partial charge is 0.449 e. The fourth-order valence-electron chi connectivity index (χ4n) is 4.59. The van der Waals surface area contributed by atoms with E-state index in [1.54, 1.807) is 34.7 Å². The van der Waals surface area contributed by atoms with Crippen LogP contribution in [0.25, 0.3) is 10.3 Å². The van der Waals surface area contributed by atoms with Gasteiger partial charge in [0.15, 0.2) is 15.5 Å². The van der Waals surface area contributed by atoms with E-state index in [4.69, 9.17) is 4.74 Å². The van der Waals surface area contributed by atoms with E-state index in [9.17, 15) is 27.6 Å². The molecule has 228 valence electrons. The van der Waals surface area contributed by atoms with Gasteiger partial charge in [0, 0.05) is 33.2 Å². The molecule has 42 heavy (non-hydrogen) atoms. The van der Waals surface area contributed by atoms with Gasteiger partial charge >= 0.3 is 12.3 Å². The van der Waals surface area contributed by atoms with Gasteiger partial charge in [-0.25, -0.2) is 14.8 Å². The molecule has 1 aliphatic rings. The summed E-state index contributed by atoms with van der Waals surface area (Å²) in [7, 11) is 1.59. The average molecular weight is 609 g/mol. The van der Waals surface area contributed by atoms with E-state index in [1.807, 2.05) is 30.3 Å². The third-order valence-electron chi connectivity index (χ3n) is 7.04. The maximum Gasteiger partial charge on any atom is 0.449 e. The van der Waals surface area contributed by atoms with Gasteiger partial charge in [-0.1, -0.05) is 41.7 Å². The lowest BCUT2D eigenvalue weighted by molar-refractivity contribution is -0.148. The number of carbonyl (C=O) groups is 2. The molecule has 10 nitrogen and oxygen atoms in total. The van der Waals surface area contributed by atoms with Crippen molar-refractivity contribution in [1.29, 1.82) is 0 Å². The Labute approximate surface area is 245 Å². The Morgan fingerprint density at radius 2 is 1.79 bits per heavy atom. The van der Waals surface area contributed by atoms with Crippen LogP contribution < -0.4 is 15.8 Å². The fourth-order valence-corrected chi connectivity index (χ4v) is 5.56. The Bertz CT molecular complexity index is 1480. The molecule has 1 aromatic carbocycles. The topological polar surface area (TPSA) is 110 Å². The van der Waals surface area contributed by atoms with Gasteiger partial charge in [0.05, 0.1) is 0 Å². The van der Waals surface area contributed by atoms with Gasteiger partial charge in [-0.3, -0.25) is 14.2 Å². The first-order valence-electron chi connectivity index (χ1n) is 13.6. The summed E-state index contributed by atoms with van der Waals surface area (Å²) in [5, 5.41) is 3.04. The molecule has 1 aliphatic heterocycles. The number of alkyl halides is 3. The molecule has 2 amide bonds. The number of benzene rings is 1. The second kappa shape index (κ2) is 12.3. The van der Waals surface area contributed by atoms with E-state index in [-0.39, 0.29) is 33.8 Å². The van der Waals surface area contributed by atoms with Crippen molar-refractivity contribution >= 4 is 38.8 Å². The molecule has 0 saturated carbocycles. The van der Waals surface area contributed by atoms with Crippen LogP contribution in [0.4, 0.5) is 23.1 Å². The van der Waals surface area contributed by atoms with Crippen molar-refractivity contribution in [3.63, 3.8) is 0 Å². The van der Waals surface area contributed by atoms with E-state index in [0.717, 1.165) is 16.9 Å². The van der Waals surface area contributed by atoms with E-state index in [1.165, 1.54) is 9.80 Å². The Balaban J connectivity index is 1.52. The monoisotopic (exact) mass is 608 g/mol. The van der Waals surface area contributed by atoms with Crippen LogP contribution in [0, 0.1) is 5.92 Å². The maximum absolute atomic E-state index is 14.1. The number of thiazole rings is 1. The smallest absolute Gasteiger partial charge is 0.444 e. The summed E-state index contributed by atoms with van der Waals surface area (Å²) in [5.41, 5.74) is -0.814. The molecule has 1 unspecified atom stereocenters. The molecule has 0 radical (unpaired) electrons. The van der Waals surface area contributed by atoms with Crippen LogP contribution in [0.1, 0.15) is 51.9 Å². The first kappa shape index (κ1) is 31.3. The Kier molecular flexibility index (Phi) is 9.14. The quantitative estimate of drug-likeness (QED) is 0.416. The number of hydrogen-bond acceptors (Lipinski definition) is 8. The van der Waals surface area contributed by atoms with Crippen molar-refractivity contribution in [3.05, 3.63) is 52.1 Å². The molecule has 0 bridgehead atoms. The summed E-state index contributed by atoms with van der Waals surface area (Å²) < 4.78 is 48.3. The lowest BCUT2D eigenvalue weighted by Gasteiger charge is -2.33. The number of hydrogen-bond donors (Lipinski definition) is 1. The first-order valence-corrected chi connectivity index (χ1v) is 14.5. The van der Waals surface area contributed by atoms with Crippen molar-refractivity contribution in [2.75, 3.05) is 25.0 Å². The number of likely N-dealkylation sites (tertiary alicyclic amines) is 1. The number of rotatable bonds is 7. The summed E-state index contributed by atoms with van der Waals surface area (Å²) in [6.45, 7) is 7.64. The third kappa shape index (κ3) is 7.39. The molecule has 2 aromatic heterocycles. The normalized spacial score (nSPS) is 15.5. The highest BCUT2D eigenvalue weighted by Gasteiger charge is 2.39. The molecular formula is C28H35F3N6O4S. The van der Waals surface area contributed by atoms with Gasteiger partial charge in [0.1, 0.15) is 11.6 Å². The summed E-state index contributed by atoms with van der Waals surface area (Å²) in [5.74, 6) is -1.88. The summed E-state index contributed by atoms with van der Waals surface area (Å²) in [4.78, 5) is 49.5. The fraction of sp³-hybridized carbons (Fsp3) is 0.536. The molecule has 3 heterocycles.